The van der Waals surface area contributed by atoms with Crippen molar-refractivity contribution in [1.29, 1.82) is 0 Å². The minimum atomic E-state index is -0.690. The summed E-state index contributed by atoms with van der Waals surface area (Å²) in [5, 5.41) is 10.6. The number of nitrogens with zero attached hydrogens (tertiary/aromatic N) is 2. The Hall–Kier alpha value is -2.15. The zero-order valence-electron chi connectivity index (χ0n) is 12.0. The standard InChI is InChI=1S/C15H17FN2O4/c16-12-8-10(15(21)17-7-5-11(19)9-17)3-4-13(12)22-18-6-1-2-14(18)20/h3-4,8,11,19H,1-2,5-7,9H2/t11-/m1/s1. The van der Waals surface area contributed by atoms with E-state index in [-0.39, 0.29) is 29.7 Å². The van der Waals surface area contributed by atoms with E-state index in [1.807, 2.05) is 0 Å². The largest absolute Gasteiger partial charge is 0.391 e. The highest BCUT2D eigenvalue weighted by Gasteiger charge is 2.27. The van der Waals surface area contributed by atoms with E-state index in [0.29, 0.717) is 32.4 Å². The second-order valence-corrected chi connectivity index (χ2v) is 5.53. The van der Waals surface area contributed by atoms with Crippen LogP contribution in [0.4, 0.5) is 4.39 Å². The molecule has 0 unspecified atom stereocenters. The summed E-state index contributed by atoms with van der Waals surface area (Å²) in [7, 11) is 0. The van der Waals surface area contributed by atoms with Crippen LogP contribution in [0, 0.1) is 5.82 Å². The topological polar surface area (TPSA) is 70.1 Å². The summed E-state index contributed by atoms with van der Waals surface area (Å²) in [6, 6.07) is 3.91. The predicted octanol–water partition coefficient (Wildman–Crippen LogP) is 0.949. The Bertz CT molecular complexity index is 607. The molecule has 1 aromatic rings. The van der Waals surface area contributed by atoms with E-state index >= 15 is 0 Å². The predicted molar refractivity (Wildman–Crippen MR) is 74.5 cm³/mol. The summed E-state index contributed by atoms with van der Waals surface area (Å²) in [6.07, 6.45) is 1.11. The maximum absolute atomic E-state index is 14.1. The fraction of sp³-hybridized carbons (Fsp3) is 0.467. The van der Waals surface area contributed by atoms with Crippen LogP contribution in [-0.2, 0) is 4.79 Å². The summed E-state index contributed by atoms with van der Waals surface area (Å²) in [4.78, 5) is 30.4. The van der Waals surface area contributed by atoms with Gasteiger partial charge in [0.25, 0.3) is 11.8 Å². The van der Waals surface area contributed by atoms with Gasteiger partial charge in [-0.3, -0.25) is 9.59 Å². The van der Waals surface area contributed by atoms with E-state index in [4.69, 9.17) is 4.84 Å². The first-order chi connectivity index (χ1) is 10.5. The molecule has 0 radical (unpaired) electrons. The number of hydroxylamine groups is 2. The van der Waals surface area contributed by atoms with Gasteiger partial charge in [0.15, 0.2) is 11.6 Å². The Balaban J connectivity index is 1.71. The minimum absolute atomic E-state index is 0.0757. The zero-order chi connectivity index (χ0) is 15.7. The average molecular weight is 308 g/mol. The molecule has 22 heavy (non-hydrogen) atoms. The average Bonchev–Trinajstić information content (AvgIpc) is 3.09. The molecule has 1 aromatic carbocycles. The number of halogens is 1. The van der Waals surface area contributed by atoms with Crippen LogP contribution in [0.1, 0.15) is 29.6 Å². The van der Waals surface area contributed by atoms with Gasteiger partial charge in [0, 0.05) is 25.1 Å². The maximum Gasteiger partial charge on any atom is 0.255 e. The van der Waals surface area contributed by atoms with Crippen LogP contribution in [-0.4, -0.2) is 52.6 Å². The number of rotatable bonds is 3. The Morgan fingerprint density at radius 2 is 2.18 bits per heavy atom. The molecule has 118 valence electrons. The number of aliphatic hydroxyl groups is 1. The molecule has 3 rings (SSSR count). The normalized spacial score (nSPS) is 21.5. The van der Waals surface area contributed by atoms with Crippen LogP contribution in [0.3, 0.4) is 0 Å². The molecule has 6 nitrogen and oxygen atoms in total. The van der Waals surface area contributed by atoms with Gasteiger partial charge >= 0.3 is 0 Å². The first kappa shape index (κ1) is 14.8. The lowest BCUT2D eigenvalue weighted by molar-refractivity contribution is -0.150. The highest BCUT2D eigenvalue weighted by atomic mass is 19.1. The van der Waals surface area contributed by atoms with Gasteiger partial charge in [0.05, 0.1) is 12.6 Å². The molecule has 2 aliphatic heterocycles. The number of hydrogen-bond donors (Lipinski definition) is 1. The Labute approximate surface area is 127 Å². The van der Waals surface area contributed by atoms with E-state index < -0.39 is 11.9 Å². The summed E-state index contributed by atoms with van der Waals surface area (Å²) in [5.41, 5.74) is 0.201. The van der Waals surface area contributed by atoms with Crippen molar-refractivity contribution in [2.45, 2.75) is 25.4 Å². The number of carbonyl (C=O) groups excluding carboxylic acids is 2. The molecule has 1 N–H and O–H groups in total. The second-order valence-electron chi connectivity index (χ2n) is 5.53. The lowest BCUT2D eigenvalue weighted by Crippen LogP contribution is -2.30. The zero-order valence-corrected chi connectivity index (χ0v) is 12.0. The van der Waals surface area contributed by atoms with Crippen molar-refractivity contribution in [3.63, 3.8) is 0 Å². The summed E-state index contributed by atoms with van der Waals surface area (Å²) < 4.78 is 14.1. The molecule has 7 heteroatoms. The molecule has 0 saturated carbocycles. The van der Waals surface area contributed by atoms with E-state index in [9.17, 15) is 19.1 Å². The molecular weight excluding hydrogens is 291 g/mol. The monoisotopic (exact) mass is 308 g/mol. The van der Waals surface area contributed by atoms with E-state index in [1.165, 1.54) is 17.0 Å². The van der Waals surface area contributed by atoms with Crippen molar-refractivity contribution in [1.82, 2.24) is 9.96 Å². The molecule has 2 heterocycles. The number of likely N-dealkylation sites (tertiary alicyclic amines) is 1. The quantitative estimate of drug-likeness (QED) is 0.902. The number of carbonyl (C=O) groups is 2. The molecule has 1 atom stereocenters. The van der Waals surface area contributed by atoms with Crippen molar-refractivity contribution in [2.75, 3.05) is 19.6 Å². The van der Waals surface area contributed by atoms with Crippen molar-refractivity contribution < 1.29 is 23.9 Å². The molecule has 2 saturated heterocycles. The number of aliphatic hydroxyl groups excluding tert-OH is 1. The van der Waals surface area contributed by atoms with Crippen molar-refractivity contribution in [2.24, 2.45) is 0 Å². The number of benzene rings is 1. The molecule has 0 bridgehead atoms. The fourth-order valence-corrected chi connectivity index (χ4v) is 2.66. The summed E-state index contributed by atoms with van der Waals surface area (Å²) in [5.74, 6) is -1.26. The highest BCUT2D eigenvalue weighted by Crippen LogP contribution is 2.23. The van der Waals surface area contributed by atoms with Gasteiger partial charge in [0.1, 0.15) is 0 Å². The Morgan fingerprint density at radius 1 is 1.36 bits per heavy atom. The van der Waals surface area contributed by atoms with Gasteiger partial charge < -0.3 is 14.8 Å². The highest BCUT2D eigenvalue weighted by molar-refractivity contribution is 5.94. The molecule has 2 amide bonds. The van der Waals surface area contributed by atoms with Gasteiger partial charge in [-0.1, -0.05) is 0 Å². The van der Waals surface area contributed by atoms with Gasteiger partial charge in [-0.2, -0.15) is 5.06 Å². The van der Waals surface area contributed by atoms with Gasteiger partial charge in [-0.05, 0) is 31.0 Å². The molecule has 0 spiro atoms. The molecule has 2 fully saturated rings. The van der Waals surface area contributed by atoms with Crippen molar-refractivity contribution in [3.8, 4) is 5.75 Å². The Morgan fingerprint density at radius 3 is 2.77 bits per heavy atom. The first-order valence-corrected chi connectivity index (χ1v) is 7.30. The van der Waals surface area contributed by atoms with E-state index in [0.717, 1.165) is 11.1 Å². The molecule has 2 aliphatic rings. The van der Waals surface area contributed by atoms with Crippen LogP contribution >= 0.6 is 0 Å². The second kappa shape index (κ2) is 5.92. The Kier molecular flexibility index (Phi) is 3.98. The lowest BCUT2D eigenvalue weighted by atomic mass is 10.2. The van der Waals surface area contributed by atoms with Gasteiger partial charge in [0.2, 0.25) is 0 Å². The van der Waals surface area contributed by atoms with E-state index in [1.54, 1.807) is 0 Å². The van der Waals surface area contributed by atoms with Gasteiger partial charge in [-0.15, -0.1) is 0 Å². The fourth-order valence-electron chi connectivity index (χ4n) is 2.66. The third-order valence-electron chi connectivity index (χ3n) is 3.87. The van der Waals surface area contributed by atoms with E-state index in [2.05, 4.69) is 0 Å². The summed E-state index contributed by atoms with van der Waals surface area (Å²) in [6.45, 7) is 1.16. The smallest absolute Gasteiger partial charge is 0.255 e. The number of hydrogen-bond acceptors (Lipinski definition) is 4. The minimum Gasteiger partial charge on any atom is -0.391 e. The van der Waals surface area contributed by atoms with Gasteiger partial charge in [-0.25, -0.2) is 4.39 Å². The molecule has 0 aliphatic carbocycles. The third kappa shape index (κ3) is 2.89. The third-order valence-corrected chi connectivity index (χ3v) is 3.87. The SMILES string of the molecule is O=C(c1ccc(ON2CCCC2=O)c(F)c1)N1CC[C@@H](O)C1. The summed E-state index contributed by atoms with van der Waals surface area (Å²) >= 11 is 0. The number of β-amino-alcohol motifs (C(OH)–C–C–N with tert-alkyl or cyclic N) is 1. The van der Waals surface area contributed by atoms with Crippen LogP contribution < -0.4 is 4.84 Å². The lowest BCUT2D eigenvalue weighted by Gasteiger charge is -2.18. The van der Waals surface area contributed by atoms with Crippen LogP contribution in [0.5, 0.6) is 5.75 Å². The van der Waals surface area contributed by atoms with Crippen molar-refractivity contribution in [3.05, 3.63) is 29.6 Å². The number of amides is 2. The molecular formula is C15H17FN2O4. The first-order valence-electron chi connectivity index (χ1n) is 7.30. The van der Waals surface area contributed by atoms with Crippen LogP contribution in [0.25, 0.3) is 0 Å². The maximum atomic E-state index is 14.1. The van der Waals surface area contributed by atoms with Crippen LogP contribution in [0.15, 0.2) is 18.2 Å². The van der Waals surface area contributed by atoms with Crippen LogP contribution in [0.2, 0.25) is 0 Å². The molecule has 0 aromatic heterocycles. The van der Waals surface area contributed by atoms with Crippen molar-refractivity contribution >= 4 is 11.8 Å².